The Balaban J connectivity index is 1.48. The summed E-state index contributed by atoms with van der Waals surface area (Å²) in [7, 11) is 0. The summed E-state index contributed by atoms with van der Waals surface area (Å²) in [6, 6.07) is 12.2. The predicted octanol–water partition coefficient (Wildman–Crippen LogP) is 6.36. The fourth-order valence-corrected chi connectivity index (χ4v) is 5.88. The van der Waals surface area contributed by atoms with E-state index >= 15 is 0 Å². The second-order valence-electron chi connectivity index (χ2n) is 11.3. The number of hydrogen-bond acceptors (Lipinski definition) is 4. The lowest BCUT2D eigenvalue weighted by Gasteiger charge is -2.48. The first-order valence-corrected chi connectivity index (χ1v) is 13.3. The van der Waals surface area contributed by atoms with Crippen LogP contribution < -0.4 is 10.1 Å². The lowest BCUT2D eigenvalue weighted by molar-refractivity contribution is 0.0408. The number of nitrogens with one attached hydrogen (secondary N) is 1. The second kappa shape index (κ2) is 9.38. The highest BCUT2D eigenvalue weighted by Gasteiger charge is 2.45. The molecule has 6 heteroatoms. The molecule has 1 saturated carbocycles. The summed E-state index contributed by atoms with van der Waals surface area (Å²) in [5, 5.41) is 3.80. The number of aromatic nitrogens is 1. The van der Waals surface area contributed by atoms with Crippen LogP contribution in [0.3, 0.4) is 0 Å². The number of ether oxygens (including phenoxy) is 1. The number of rotatable bonds is 7. The molecule has 2 aromatic heterocycles. The monoisotopic (exact) mass is 489 g/mol. The van der Waals surface area contributed by atoms with Gasteiger partial charge in [-0.2, -0.15) is 0 Å². The molecule has 1 amide bonds. The zero-order valence-corrected chi connectivity index (χ0v) is 22.2. The fourth-order valence-electron chi connectivity index (χ4n) is 5.88. The molecule has 192 valence electrons. The molecular formula is C30H39N3O3. The highest BCUT2D eigenvalue weighted by molar-refractivity contribution is 5.99. The van der Waals surface area contributed by atoms with Gasteiger partial charge in [0.1, 0.15) is 11.4 Å². The van der Waals surface area contributed by atoms with E-state index in [2.05, 4.69) is 37.2 Å². The molecule has 1 aliphatic heterocycles. The molecular weight excluding hydrogens is 450 g/mol. The molecule has 1 aromatic carbocycles. The summed E-state index contributed by atoms with van der Waals surface area (Å²) >= 11 is 0. The zero-order chi connectivity index (χ0) is 25.6. The maximum absolute atomic E-state index is 14.0. The minimum atomic E-state index is -0.610. The van der Waals surface area contributed by atoms with E-state index in [1.807, 2.05) is 55.1 Å². The van der Waals surface area contributed by atoms with E-state index in [-0.39, 0.29) is 12.0 Å². The quantitative estimate of drug-likeness (QED) is 0.419. The van der Waals surface area contributed by atoms with Crippen molar-refractivity contribution in [3.05, 3.63) is 66.2 Å². The van der Waals surface area contributed by atoms with Crippen LogP contribution in [0.4, 0.5) is 0 Å². The molecule has 0 spiro atoms. The van der Waals surface area contributed by atoms with E-state index < -0.39 is 5.54 Å². The lowest BCUT2D eigenvalue weighted by atomic mass is 9.77. The second-order valence-corrected chi connectivity index (χ2v) is 11.3. The van der Waals surface area contributed by atoms with Gasteiger partial charge in [-0.25, -0.2) is 0 Å². The smallest absolute Gasteiger partial charge is 0.271 e. The Morgan fingerprint density at radius 1 is 1.22 bits per heavy atom. The first kappa shape index (κ1) is 24.5. The van der Waals surface area contributed by atoms with E-state index in [0.717, 1.165) is 34.5 Å². The van der Waals surface area contributed by atoms with E-state index in [1.54, 1.807) is 6.26 Å². The standard InChI is InChI=1S/C30H39N3O3/c1-19(2)36-24-12-10-23(11-13-24)17-33-29(34)27-16-28-26(14-15-35-28)32(27)18-30(33,6)22(5)31-25-9-7-8-20(3)21(25)4/h10-16,19-21,25,31H,5,7-9,17-18H2,1-4,6H3. The van der Waals surface area contributed by atoms with Crippen LogP contribution in [-0.2, 0) is 13.1 Å². The Hall–Kier alpha value is -3.15. The van der Waals surface area contributed by atoms with Crippen molar-refractivity contribution < 1.29 is 13.9 Å². The van der Waals surface area contributed by atoms with Crippen LogP contribution in [0.25, 0.3) is 11.1 Å². The van der Waals surface area contributed by atoms with Gasteiger partial charge in [0.2, 0.25) is 0 Å². The fraction of sp³-hybridized carbons (Fsp3) is 0.500. The van der Waals surface area contributed by atoms with Gasteiger partial charge in [-0.1, -0.05) is 45.4 Å². The maximum atomic E-state index is 14.0. The van der Waals surface area contributed by atoms with Crippen LogP contribution in [0.1, 0.15) is 69.9 Å². The predicted molar refractivity (Wildman–Crippen MR) is 143 cm³/mol. The largest absolute Gasteiger partial charge is 0.491 e. The van der Waals surface area contributed by atoms with Gasteiger partial charge in [-0.3, -0.25) is 4.79 Å². The Morgan fingerprint density at radius 3 is 2.69 bits per heavy atom. The number of benzene rings is 1. The van der Waals surface area contributed by atoms with Gasteiger partial charge in [0.15, 0.2) is 5.58 Å². The van der Waals surface area contributed by atoms with Crippen molar-refractivity contribution in [1.82, 2.24) is 14.8 Å². The summed E-state index contributed by atoms with van der Waals surface area (Å²) in [6.07, 6.45) is 5.43. The molecule has 1 fully saturated rings. The van der Waals surface area contributed by atoms with E-state index in [1.165, 1.54) is 12.8 Å². The van der Waals surface area contributed by atoms with Crippen LogP contribution in [0.5, 0.6) is 5.75 Å². The Morgan fingerprint density at radius 2 is 1.97 bits per heavy atom. The summed E-state index contributed by atoms with van der Waals surface area (Å²) < 4.78 is 13.6. The van der Waals surface area contributed by atoms with E-state index in [9.17, 15) is 4.79 Å². The lowest BCUT2D eigenvalue weighted by Crippen LogP contribution is -2.60. The Bertz CT molecular complexity index is 1250. The van der Waals surface area contributed by atoms with Gasteiger partial charge >= 0.3 is 0 Å². The van der Waals surface area contributed by atoms with Crippen molar-refractivity contribution in [3.8, 4) is 5.75 Å². The molecule has 3 aromatic rings. The molecule has 0 bridgehead atoms. The number of carbonyl (C=O) groups is 1. The van der Waals surface area contributed by atoms with Crippen molar-refractivity contribution in [2.45, 2.75) is 84.7 Å². The number of amides is 1. The van der Waals surface area contributed by atoms with Gasteiger partial charge in [0.05, 0.1) is 30.0 Å². The molecule has 0 saturated heterocycles. The molecule has 1 aliphatic carbocycles. The third-order valence-corrected chi connectivity index (χ3v) is 8.40. The highest BCUT2D eigenvalue weighted by atomic mass is 16.5. The molecule has 0 radical (unpaired) electrons. The molecule has 5 rings (SSSR count). The zero-order valence-electron chi connectivity index (χ0n) is 22.2. The number of carbonyl (C=O) groups excluding carboxylic acids is 1. The molecule has 3 heterocycles. The average molecular weight is 490 g/mol. The minimum absolute atomic E-state index is 0.00864. The SMILES string of the molecule is C=C(NC1CCCC(C)C1C)C1(C)Cn2c(cc3occc32)C(=O)N1Cc1ccc(OC(C)C)cc1. The highest BCUT2D eigenvalue weighted by Crippen LogP contribution is 2.38. The number of fused-ring (bicyclic) bond motifs is 3. The molecule has 1 N–H and O–H groups in total. The number of nitrogens with zero attached hydrogens (tertiary/aromatic N) is 2. The van der Waals surface area contributed by atoms with E-state index in [4.69, 9.17) is 9.15 Å². The molecule has 36 heavy (non-hydrogen) atoms. The molecule has 6 nitrogen and oxygen atoms in total. The van der Waals surface area contributed by atoms with Crippen LogP contribution >= 0.6 is 0 Å². The van der Waals surface area contributed by atoms with Crippen LogP contribution in [0, 0.1) is 11.8 Å². The van der Waals surface area contributed by atoms with Gasteiger partial charge in [0.25, 0.3) is 5.91 Å². The minimum Gasteiger partial charge on any atom is -0.491 e. The van der Waals surface area contributed by atoms with Crippen molar-refractivity contribution in [2.24, 2.45) is 11.8 Å². The van der Waals surface area contributed by atoms with Crippen molar-refractivity contribution in [3.63, 3.8) is 0 Å². The first-order chi connectivity index (χ1) is 17.2. The first-order valence-electron chi connectivity index (χ1n) is 13.3. The van der Waals surface area contributed by atoms with Gasteiger partial charge in [0, 0.05) is 30.4 Å². The van der Waals surface area contributed by atoms with Gasteiger partial charge < -0.3 is 23.9 Å². The molecule has 4 atom stereocenters. The normalized spacial score (nSPS) is 26.3. The van der Waals surface area contributed by atoms with Crippen LogP contribution in [0.15, 0.2) is 59.4 Å². The van der Waals surface area contributed by atoms with Crippen molar-refractivity contribution in [2.75, 3.05) is 0 Å². The number of hydrogen-bond donors (Lipinski definition) is 1. The van der Waals surface area contributed by atoms with Crippen LogP contribution in [-0.4, -0.2) is 33.1 Å². The molecule has 2 aliphatic rings. The van der Waals surface area contributed by atoms with Crippen LogP contribution in [0.2, 0.25) is 0 Å². The van der Waals surface area contributed by atoms with Gasteiger partial charge in [-0.15, -0.1) is 0 Å². The maximum Gasteiger partial charge on any atom is 0.271 e. The van der Waals surface area contributed by atoms with Gasteiger partial charge in [-0.05, 0) is 56.7 Å². The average Bonchev–Trinajstić information content (AvgIpc) is 3.43. The van der Waals surface area contributed by atoms with Crippen molar-refractivity contribution in [1.29, 1.82) is 0 Å². The van der Waals surface area contributed by atoms with E-state index in [0.29, 0.717) is 36.7 Å². The van der Waals surface area contributed by atoms with Crippen molar-refractivity contribution >= 4 is 17.0 Å². The summed E-state index contributed by atoms with van der Waals surface area (Å²) in [5.41, 5.74) is 3.70. The summed E-state index contributed by atoms with van der Waals surface area (Å²) in [4.78, 5) is 16.0. The molecule has 4 unspecified atom stereocenters. The number of furan rings is 1. The summed E-state index contributed by atoms with van der Waals surface area (Å²) in [6.45, 7) is 16.5. The third-order valence-electron chi connectivity index (χ3n) is 8.40. The topological polar surface area (TPSA) is 59.6 Å². The third kappa shape index (κ3) is 4.31. The Labute approximate surface area is 214 Å². The Kier molecular flexibility index (Phi) is 6.39. The summed E-state index contributed by atoms with van der Waals surface area (Å²) in [5.74, 6) is 2.06.